The second-order valence-electron chi connectivity index (χ2n) is 5.39. The van der Waals surface area contributed by atoms with Crippen LogP contribution < -0.4 is 5.32 Å². The molecule has 0 radical (unpaired) electrons. The molecule has 0 bridgehead atoms. The van der Waals surface area contributed by atoms with Crippen molar-refractivity contribution in [2.75, 3.05) is 12.4 Å². The van der Waals surface area contributed by atoms with Crippen LogP contribution in [0.2, 0.25) is 0 Å². The Bertz CT molecular complexity index is 936. The molecule has 0 aliphatic carbocycles. The van der Waals surface area contributed by atoms with E-state index in [-0.39, 0.29) is 0 Å². The SMILES string of the molecule is CCc1ccc(N/C=C(\C#N)c2ncnc3c2ncn3COC)cc1. The highest BCUT2D eigenvalue weighted by atomic mass is 16.5. The van der Waals surface area contributed by atoms with E-state index in [4.69, 9.17) is 4.74 Å². The summed E-state index contributed by atoms with van der Waals surface area (Å²) in [7, 11) is 1.60. The number of benzene rings is 1. The molecule has 0 fully saturated rings. The number of methoxy groups -OCH3 is 1. The van der Waals surface area contributed by atoms with Crippen molar-refractivity contribution in [1.82, 2.24) is 19.5 Å². The monoisotopic (exact) mass is 334 g/mol. The van der Waals surface area contributed by atoms with Crippen molar-refractivity contribution in [2.45, 2.75) is 20.1 Å². The first-order chi connectivity index (χ1) is 12.3. The molecule has 0 saturated carbocycles. The zero-order valence-corrected chi connectivity index (χ0v) is 14.1. The first-order valence-electron chi connectivity index (χ1n) is 7.87. The molecule has 2 aromatic heterocycles. The van der Waals surface area contributed by atoms with Crippen molar-refractivity contribution in [1.29, 1.82) is 5.26 Å². The maximum Gasteiger partial charge on any atom is 0.165 e. The lowest BCUT2D eigenvalue weighted by atomic mass is 10.1. The van der Waals surface area contributed by atoms with Crippen LogP contribution in [0.5, 0.6) is 0 Å². The Morgan fingerprint density at radius 1 is 1.28 bits per heavy atom. The Labute approximate surface area is 145 Å². The number of ether oxygens (including phenoxy) is 1. The molecule has 0 unspecified atom stereocenters. The van der Waals surface area contributed by atoms with Gasteiger partial charge in [-0.1, -0.05) is 19.1 Å². The van der Waals surface area contributed by atoms with Crippen LogP contribution in [-0.4, -0.2) is 26.6 Å². The molecular formula is C18H18N6O. The largest absolute Gasteiger partial charge is 0.364 e. The fraction of sp³-hybridized carbons (Fsp3) is 0.222. The smallest absolute Gasteiger partial charge is 0.165 e. The summed E-state index contributed by atoms with van der Waals surface area (Å²) in [6.45, 7) is 2.44. The number of hydrogen-bond donors (Lipinski definition) is 1. The molecule has 126 valence electrons. The Morgan fingerprint density at radius 2 is 2.08 bits per heavy atom. The fourth-order valence-corrected chi connectivity index (χ4v) is 2.46. The van der Waals surface area contributed by atoms with E-state index in [2.05, 4.69) is 45.4 Å². The number of imidazole rings is 1. The van der Waals surface area contributed by atoms with Crippen LogP contribution >= 0.6 is 0 Å². The summed E-state index contributed by atoms with van der Waals surface area (Å²) in [5, 5.41) is 12.7. The maximum atomic E-state index is 9.53. The minimum absolute atomic E-state index is 0.334. The van der Waals surface area contributed by atoms with Crippen LogP contribution in [0.3, 0.4) is 0 Å². The number of nitrogens with one attached hydrogen (secondary N) is 1. The highest BCUT2D eigenvalue weighted by Crippen LogP contribution is 2.20. The van der Waals surface area contributed by atoms with E-state index in [0.717, 1.165) is 12.1 Å². The summed E-state index contributed by atoms with van der Waals surface area (Å²) >= 11 is 0. The van der Waals surface area contributed by atoms with E-state index in [0.29, 0.717) is 29.2 Å². The van der Waals surface area contributed by atoms with Gasteiger partial charge in [-0.25, -0.2) is 15.0 Å². The van der Waals surface area contributed by atoms with Crippen molar-refractivity contribution < 1.29 is 4.74 Å². The number of anilines is 1. The van der Waals surface area contributed by atoms with Crippen molar-refractivity contribution in [2.24, 2.45) is 0 Å². The van der Waals surface area contributed by atoms with Gasteiger partial charge in [0.2, 0.25) is 0 Å². The van der Waals surface area contributed by atoms with Crippen LogP contribution in [-0.2, 0) is 17.9 Å². The van der Waals surface area contributed by atoms with Gasteiger partial charge in [0, 0.05) is 19.0 Å². The number of fused-ring (bicyclic) bond motifs is 1. The van der Waals surface area contributed by atoms with Gasteiger partial charge in [0.1, 0.15) is 30.3 Å². The van der Waals surface area contributed by atoms with Gasteiger partial charge in [0.05, 0.1) is 11.9 Å². The van der Waals surface area contributed by atoms with E-state index < -0.39 is 0 Å². The Morgan fingerprint density at radius 3 is 2.76 bits per heavy atom. The molecule has 0 aliphatic rings. The molecule has 2 heterocycles. The summed E-state index contributed by atoms with van der Waals surface area (Å²) in [5.74, 6) is 0. The van der Waals surface area contributed by atoms with E-state index in [1.807, 2.05) is 12.1 Å². The molecule has 1 N–H and O–H groups in total. The average Bonchev–Trinajstić information content (AvgIpc) is 3.07. The Balaban J connectivity index is 1.92. The first kappa shape index (κ1) is 16.6. The first-order valence-corrected chi connectivity index (χ1v) is 7.87. The van der Waals surface area contributed by atoms with Gasteiger partial charge in [-0.3, -0.25) is 4.57 Å². The highest BCUT2D eigenvalue weighted by Gasteiger charge is 2.13. The van der Waals surface area contributed by atoms with Crippen LogP contribution in [0.4, 0.5) is 5.69 Å². The topological polar surface area (TPSA) is 88.7 Å². The quantitative estimate of drug-likeness (QED) is 0.697. The number of allylic oxidation sites excluding steroid dienone is 1. The van der Waals surface area contributed by atoms with Crippen LogP contribution in [0.25, 0.3) is 16.7 Å². The van der Waals surface area contributed by atoms with Gasteiger partial charge in [-0.15, -0.1) is 0 Å². The van der Waals surface area contributed by atoms with E-state index in [1.54, 1.807) is 24.2 Å². The van der Waals surface area contributed by atoms with Gasteiger partial charge < -0.3 is 10.1 Å². The van der Waals surface area contributed by atoms with Crippen molar-refractivity contribution in [3.05, 3.63) is 54.4 Å². The molecule has 25 heavy (non-hydrogen) atoms. The predicted molar refractivity (Wildman–Crippen MR) is 95.4 cm³/mol. The summed E-state index contributed by atoms with van der Waals surface area (Å²) in [5.41, 5.74) is 4.22. The van der Waals surface area contributed by atoms with Gasteiger partial charge in [0.15, 0.2) is 5.65 Å². The minimum atomic E-state index is 0.334. The van der Waals surface area contributed by atoms with E-state index in [9.17, 15) is 5.26 Å². The normalized spacial score (nSPS) is 11.5. The number of aryl methyl sites for hydroxylation is 1. The third kappa shape index (κ3) is 3.49. The number of nitrogens with zero attached hydrogens (tertiary/aromatic N) is 5. The number of hydrogen-bond acceptors (Lipinski definition) is 6. The van der Waals surface area contributed by atoms with Gasteiger partial charge in [-0.2, -0.15) is 5.26 Å². The molecule has 0 saturated heterocycles. The van der Waals surface area contributed by atoms with Crippen molar-refractivity contribution in [3.63, 3.8) is 0 Å². The lowest BCUT2D eigenvalue weighted by Gasteiger charge is -2.05. The average molecular weight is 334 g/mol. The van der Waals surface area contributed by atoms with Crippen molar-refractivity contribution >= 4 is 22.4 Å². The van der Waals surface area contributed by atoms with Gasteiger partial charge in [-0.05, 0) is 24.1 Å². The third-order valence-corrected chi connectivity index (χ3v) is 3.79. The summed E-state index contributed by atoms with van der Waals surface area (Å²) in [6.07, 6.45) is 5.67. The summed E-state index contributed by atoms with van der Waals surface area (Å²) in [4.78, 5) is 12.8. The number of aromatic nitrogens is 4. The lowest BCUT2D eigenvalue weighted by molar-refractivity contribution is 0.134. The van der Waals surface area contributed by atoms with Crippen LogP contribution in [0, 0.1) is 11.3 Å². The molecule has 0 aliphatic heterocycles. The molecule has 1 aromatic carbocycles. The van der Waals surface area contributed by atoms with Gasteiger partial charge >= 0.3 is 0 Å². The fourth-order valence-electron chi connectivity index (χ4n) is 2.46. The third-order valence-electron chi connectivity index (χ3n) is 3.79. The molecule has 7 nitrogen and oxygen atoms in total. The molecule has 0 spiro atoms. The number of rotatable bonds is 6. The molecular weight excluding hydrogens is 316 g/mol. The predicted octanol–water partition coefficient (Wildman–Crippen LogP) is 2.97. The van der Waals surface area contributed by atoms with Crippen LogP contribution in [0.15, 0.2) is 43.1 Å². The summed E-state index contributed by atoms with van der Waals surface area (Å²) < 4.78 is 6.87. The highest BCUT2D eigenvalue weighted by molar-refractivity contribution is 5.90. The molecule has 0 amide bonds. The summed E-state index contributed by atoms with van der Waals surface area (Å²) in [6, 6.07) is 10.2. The second kappa shape index (κ2) is 7.55. The lowest BCUT2D eigenvalue weighted by Crippen LogP contribution is -2.00. The zero-order chi connectivity index (χ0) is 17.6. The molecule has 3 aromatic rings. The Kier molecular flexibility index (Phi) is 5.02. The van der Waals surface area contributed by atoms with E-state index >= 15 is 0 Å². The van der Waals surface area contributed by atoms with E-state index in [1.165, 1.54) is 11.9 Å². The maximum absolute atomic E-state index is 9.53. The standard InChI is InChI=1S/C18H18N6O/c1-3-13-4-6-15(7-5-13)20-9-14(8-19)16-17-18(22-10-21-16)24(11-23-17)12-25-2/h4-7,9-11,20H,3,12H2,1-2H3/b14-9+. The van der Waals surface area contributed by atoms with Gasteiger partial charge in [0.25, 0.3) is 0 Å². The number of nitriles is 1. The zero-order valence-electron chi connectivity index (χ0n) is 14.1. The van der Waals surface area contributed by atoms with Crippen molar-refractivity contribution in [3.8, 4) is 6.07 Å². The Hall–Kier alpha value is -3.24. The second-order valence-corrected chi connectivity index (χ2v) is 5.39. The molecule has 7 heteroatoms. The molecule has 3 rings (SSSR count). The minimum Gasteiger partial charge on any atom is -0.364 e. The van der Waals surface area contributed by atoms with Crippen LogP contribution in [0.1, 0.15) is 18.2 Å². The molecule has 0 atom stereocenters.